The topological polar surface area (TPSA) is 43.8 Å². The molecule has 19 heavy (non-hydrogen) atoms. The molecule has 2 atom stereocenters. The van der Waals surface area contributed by atoms with Crippen LogP contribution in [0.4, 0.5) is 0 Å². The van der Waals surface area contributed by atoms with Crippen molar-refractivity contribution in [1.82, 2.24) is 9.55 Å². The summed E-state index contributed by atoms with van der Waals surface area (Å²) in [7, 11) is 0. The normalized spacial score (nSPS) is 15.1. The number of halogens is 1. The third kappa shape index (κ3) is 2.63. The molecule has 1 aromatic heterocycles. The number of fused-ring (bicyclic) bond motifs is 1. The zero-order chi connectivity index (χ0) is 14.2. The summed E-state index contributed by atoms with van der Waals surface area (Å²) in [5, 5.41) is 0.734. The molecular weight excluding hydrogens is 258 g/mol. The average Bonchev–Trinajstić information content (AvgIpc) is 2.75. The number of nitrogens with two attached hydrogens (primary N) is 1. The largest absolute Gasteiger partial charge is 0.324 e. The fourth-order valence-corrected chi connectivity index (χ4v) is 2.54. The molecule has 2 rings (SSSR count). The van der Waals surface area contributed by atoms with Crippen LogP contribution in [0.1, 0.15) is 52.0 Å². The first-order valence-corrected chi connectivity index (χ1v) is 7.26. The Kier molecular flexibility index (Phi) is 4.16. The summed E-state index contributed by atoms with van der Waals surface area (Å²) in [6, 6.07) is 6.08. The van der Waals surface area contributed by atoms with E-state index in [0.29, 0.717) is 12.0 Å². The van der Waals surface area contributed by atoms with Crippen LogP contribution in [0.25, 0.3) is 11.0 Å². The first-order chi connectivity index (χ1) is 8.95. The molecular formula is C15H22ClN3. The van der Waals surface area contributed by atoms with Crippen molar-refractivity contribution in [1.29, 1.82) is 0 Å². The van der Waals surface area contributed by atoms with Crippen LogP contribution in [0.2, 0.25) is 5.02 Å². The number of hydrogen-bond donors (Lipinski definition) is 1. The minimum absolute atomic E-state index is 0.0430. The monoisotopic (exact) mass is 279 g/mol. The molecule has 1 heterocycles. The van der Waals surface area contributed by atoms with Crippen molar-refractivity contribution in [2.75, 3.05) is 0 Å². The van der Waals surface area contributed by atoms with Gasteiger partial charge in [-0.25, -0.2) is 4.98 Å². The maximum absolute atomic E-state index is 6.37. The Hall–Kier alpha value is -1.06. The van der Waals surface area contributed by atoms with E-state index in [4.69, 9.17) is 22.3 Å². The second-order valence-corrected chi connectivity index (χ2v) is 5.91. The van der Waals surface area contributed by atoms with Crippen molar-refractivity contribution in [3.8, 4) is 0 Å². The van der Waals surface area contributed by atoms with Gasteiger partial charge in [0.15, 0.2) is 0 Å². The molecule has 2 aromatic rings. The highest BCUT2D eigenvalue weighted by molar-refractivity contribution is 6.31. The van der Waals surface area contributed by atoms with E-state index in [1.807, 2.05) is 18.2 Å². The van der Waals surface area contributed by atoms with Gasteiger partial charge in [-0.15, -0.1) is 0 Å². The Morgan fingerprint density at radius 1 is 1.32 bits per heavy atom. The molecule has 3 nitrogen and oxygen atoms in total. The lowest BCUT2D eigenvalue weighted by atomic mass is 9.99. The van der Waals surface area contributed by atoms with Gasteiger partial charge < -0.3 is 10.3 Å². The SMILES string of the molecule is CCC(C)C(N)c1nc2ccc(Cl)cc2n1C(C)C. The van der Waals surface area contributed by atoms with Crippen LogP contribution < -0.4 is 5.73 Å². The smallest absolute Gasteiger partial charge is 0.127 e. The zero-order valence-electron chi connectivity index (χ0n) is 12.0. The summed E-state index contributed by atoms with van der Waals surface area (Å²) in [5.74, 6) is 1.37. The van der Waals surface area contributed by atoms with Gasteiger partial charge in [0.25, 0.3) is 0 Å². The molecule has 104 valence electrons. The highest BCUT2D eigenvalue weighted by atomic mass is 35.5. The molecule has 4 heteroatoms. The highest BCUT2D eigenvalue weighted by Gasteiger charge is 2.22. The van der Waals surface area contributed by atoms with E-state index in [9.17, 15) is 0 Å². The van der Waals surface area contributed by atoms with Crippen molar-refractivity contribution in [2.24, 2.45) is 11.7 Å². The Balaban J connectivity index is 2.63. The summed E-state index contributed by atoms with van der Waals surface area (Å²) in [4.78, 5) is 4.72. The molecule has 0 amide bonds. The number of imidazole rings is 1. The van der Waals surface area contributed by atoms with Crippen LogP contribution in [-0.4, -0.2) is 9.55 Å². The predicted molar refractivity (Wildman–Crippen MR) is 81.5 cm³/mol. The number of aromatic nitrogens is 2. The van der Waals surface area contributed by atoms with Gasteiger partial charge in [-0.1, -0.05) is 31.9 Å². The number of hydrogen-bond acceptors (Lipinski definition) is 2. The number of nitrogens with zero attached hydrogens (tertiary/aromatic N) is 2. The van der Waals surface area contributed by atoms with Gasteiger partial charge in [-0.2, -0.15) is 0 Å². The van der Waals surface area contributed by atoms with E-state index in [0.717, 1.165) is 28.3 Å². The summed E-state index contributed by atoms with van der Waals surface area (Å²) in [6.07, 6.45) is 1.04. The van der Waals surface area contributed by atoms with E-state index in [2.05, 4.69) is 32.3 Å². The lowest BCUT2D eigenvalue weighted by molar-refractivity contribution is 0.415. The van der Waals surface area contributed by atoms with Gasteiger partial charge >= 0.3 is 0 Å². The van der Waals surface area contributed by atoms with Crippen LogP contribution in [0, 0.1) is 5.92 Å². The van der Waals surface area contributed by atoms with Crippen LogP contribution in [-0.2, 0) is 0 Å². The molecule has 1 aromatic carbocycles. The Bertz CT molecular complexity index is 574. The average molecular weight is 280 g/mol. The molecule has 2 N–H and O–H groups in total. The number of benzene rings is 1. The number of rotatable bonds is 4. The van der Waals surface area contributed by atoms with Crippen LogP contribution in [0.3, 0.4) is 0 Å². The van der Waals surface area contributed by atoms with Gasteiger partial charge in [0.05, 0.1) is 17.1 Å². The maximum atomic E-state index is 6.37. The maximum Gasteiger partial charge on any atom is 0.127 e. The van der Waals surface area contributed by atoms with Gasteiger partial charge in [0.2, 0.25) is 0 Å². The Labute approximate surface area is 119 Å². The van der Waals surface area contributed by atoms with E-state index in [1.165, 1.54) is 0 Å². The third-order valence-corrected chi connectivity index (χ3v) is 3.99. The molecule has 2 unspecified atom stereocenters. The lowest BCUT2D eigenvalue weighted by Crippen LogP contribution is -2.23. The fraction of sp³-hybridized carbons (Fsp3) is 0.533. The summed E-state index contributed by atoms with van der Waals surface area (Å²) >= 11 is 6.10. The van der Waals surface area contributed by atoms with Gasteiger partial charge in [-0.05, 0) is 38.0 Å². The van der Waals surface area contributed by atoms with Crippen molar-refractivity contribution >= 4 is 22.6 Å². The van der Waals surface area contributed by atoms with Crippen molar-refractivity contribution in [2.45, 2.75) is 46.2 Å². The minimum atomic E-state index is -0.0430. The van der Waals surface area contributed by atoms with Gasteiger partial charge in [0.1, 0.15) is 5.82 Å². The fourth-order valence-electron chi connectivity index (χ4n) is 2.37. The zero-order valence-corrected chi connectivity index (χ0v) is 12.8. The van der Waals surface area contributed by atoms with E-state index < -0.39 is 0 Å². The van der Waals surface area contributed by atoms with Crippen LogP contribution in [0.5, 0.6) is 0 Å². The molecule has 0 spiro atoms. The molecule has 0 aliphatic heterocycles. The Morgan fingerprint density at radius 3 is 2.58 bits per heavy atom. The van der Waals surface area contributed by atoms with Crippen molar-refractivity contribution < 1.29 is 0 Å². The molecule has 0 saturated heterocycles. The van der Waals surface area contributed by atoms with Crippen molar-refractivity contribution in [3.63, 3.8) is 0 Å². The van der Waals surface area contributed by atoms with E-state index in [-0.39, 0.29) is 6.04 Å². The molecule has 0 saturated carbocycles. The second-order valence-electron chi connectivity index (χ2n) is 5.48. The van der Waals surface area contributed by atoms with Gasteiger partial charge in [0, 0.05) is 11.1 Å². The Morgan fingerprint density at radius 2 is 2.00 bits per heavy atom. The quantitative estimate of drug-likeness (QED) is 0.906. The molecule has 0 aliphatic rings. The standard InChI is InChI=1S/C15H22ClN3/c1-5-10(4)14(17)15-18-12-7-6-11(16)8-13(12)19(15)9(2)3/h6-10,14H,5,17H2,1-4H3. The molecule has 0 radical (unpaired) electrons. The minimum Gasteiger partial charge on any atom is -0.324 e. The predicted octanol–water partition coefficient (Wildman–Crippen LogP) is 4.32. The molecule has 0 bridgehead atoms. The van der Waals surface area contributed by atoms with E-state index >= 15 is 0 Å². The first kappa shape index (κ1) is 14.4. The lowest BCUT2D eigenvalue weighted by Gasteiger charge is -2.21. The second kappa shape index (κ2) is 5.51. The summed E-state index contributed by atoms with van der Waals surface area (Å²) < 4.78 is 2.21. The van der Waals surface area contributed by atoms with Crippen LogP contribution >= 0.6 is 11.6 Å². The van der Waals surface area contributed by atoms with Gasteiger partial charge in [-0.3, -0.25) is 0 Å². The van der Waals surface area contributed by atoms with E-state index in [1.54, 1.807) is 0 Å². The summed E-state index contributed by atoms with van der Waals surface area (Å²) in [6.45, 7) is 8.62. The third-order valence-electron chi connectivity index (χ3n) is 3.75. The highest BCUT2D eigenvalue weighted by Crippen LogP contribution is 2.29. The van der Waals surface area contributed by atoms with Crippen molar-refractivity contribution in [3.05, 3.63) is 29.0 Å². The molecule has 0 aliphatic carbocycles. The summed E-state index contributed by atoms with van der Waals surface area (Å²) in [5.41, 5.74) is 8.40. The molecule has 0 fully saturated rings. The first-order valence-electron chi connectivity index (χ1n) is 6.88. The van der Waals surface area contributed by atoms with Crippen LogP contribution in [0.15, 0.2) is 18.2 Å².